The summed E-state index contributed by atoms with van der Waals surface area (Å²) in [6.45, 7) is 8.02. The topological polar surface area (TPSA) is 63.2 Å². The van der Waals surface area contributed by atoms with Crippen molar-refractivity contribution in [2.24, 2.45) is 0 Å². The van der Waals surface area contributed by atoms with Gasteiger partial charge in [-0.2, -0.15) is 0 Å². The lowest BCUT2D eigenvalue weighted by Crippen LogP contribution is -2.55. The van der Waals surface area contributed by atoms with Crippen LogP contribution in [-0.4, -0.2) is 42.7 Å². The Labute approximate surface area is 142 Å². The summed E-state index contributed by atoms with van der Waals surface area (Å²) in [5.41, 5.74) is 1.09. The van der Waals surface area contributed by atoms with Gasteiger partial charge in [0.15, 0.2) is 0 Å². The molecule has 8 heteroatoms. The van der Waals surface area contributed by atoms with Crippen molar-refractivity contribution in [2.45, 2.75) is 39.3 Å². The summed E-state index contributed by atoms with van der Waals surface area (Å²) in [6, 6.07) is -0.242. The average Bonchev–Trinajstić information content (AvgIpc) is 2.69. The molecule has 1 aromatic rings. The zero-order valence-electron chi connectivity index (χ0n) is 12.5. The molecule has 0 unspecified atom stereocenters. The van der Waals surface area contributed by atoms with Gasteiger partial charge >= 0.3 is 0 Å². The number of hydrogen-bond donors (Lipinski definition) is 2. The van der Waals surface area contributed by atoms with E-state index in [0.29, 0.717) is 13.2 Å². The van der Waals surface area contributed by atoms with Crippen molar-refractivity contribution in [2.75, 3.05) is 19.7 Å². The highest BCUT2D eigenvalue weighted by atomic mass is 35.5. The summed E-state index contributed by atoms with van der Waals surface area (Å²) in [6.07, 6.45) is 0.714. The summed E-state index contributed by atoms with van der Waals surface area (Å²) >= 11 is 1.70. The monoisotopic (exact) mass is 355 g/mol. The molecule has 0 saturated carbocycles. The predicted octanol–water partition coefficient (Wildman–Crippen LogP) is 1.64. The Kier molecular flexibility index (Phi) is 9.40. The number of nitrogens with zero attached hydrogens (tertiary/aromatic N) is 1. The van der Waals surface area contributed by atoms with Crippen LogP contribution in [-0.2, 0) is 16.0 Å². The minimum absolute atomic E-state index is 0. The first-order chi connectivity index (χ1) is 9.08. The van der Waals surface area contributed by atoms with E-state index in [1.54, 1.807) is 11.3 Å². The van der Waals surface area contributed by atoms with Gasteiger partial charge in [0.25, 0.3) is 0 Å². The van der Waals surface area contributed by atoms with Gasteiger partial charge in [0.1, 0.15) is 6.04 Å². The molecule has 2 atom stereocenters. The smallest absolute Gasteiger partial charge is 0.239 e. The zero-order chi connectivity index (χ0) is 13.8. The lowest BCUT2D eigenvalue weighted by molar-refractivity contribution is -0.128. The van der Waals surface area contributed by atoms with E-state index >= 15 is 0 Å². The van der Waals surface area contributed by atoms with Crippen LogP contribution in [0.25, 0.3) is 0 Å². The number of aryl methyl sites for hydroxylation is 2. The second kappa shape index (κ2) is 9.58. The Morgan fingerprint density at radius 3 is 2.76 bits per heavy atom. The van der Waals surface area contributed by atoms with E-state index < -0.39 is 0 Å². The molecular formula is C13H23Cl2N3O2S. The second-order valence-corrected chi connectivity index (χ2v) is 6.09. The molecule has 1 fully saturated rings. The van der Waals surface area contributed by atoms with E-state index in [1.165, 1.54) is 4.88 Å². The molecule has 5 nitrogen and oxygen atoms in total. The third-order valence-corrected chi connectivity index (χ3v) is 4.44. The van der Waals surface area contributed by atoms with Crippen LogP contribution < -0.4 is 10.6 Å². The van der Waals surface area contributed by atoms with Crippen molar-refractivity contribution in [3.05, 3.63) is 15.6 Å². The van der Waals surface area contributed by atoms with Crippen molar-refractivity contribution in [3.8, 4) is 0 Å². The molecule has 122 valence electrons. The number of ether oxygens (including phenoxy) is 1. The first-order valence-electron chi connectivity index (χ1n) is 6.63. The van der Waals surface area contributed by atoms with Crippen LogP contribution in [0.2, 0.25) is 0 Å². The number of thiazole rings is 1. The molecule has 21 heavy (non-hydrogen) atoms. The fraction of sp³-hybridized carbons (Fsp3) is 0.692. The van der Waals surface area contributed by atoms with Gasteiger partial charge in [-0.15, -0.1) is 36.2 Å². The number of nitrogens with one attached hydrogen (secondary N) is 2. The Morgan fingerprint density at radius 1 is 1.48 bits per heavy atom. The largest absolute Gasteiger partial charge is 0.375 e. The van der Waals surface area contributed by atoms with Crippen molar-refractivity contribution in [1.82, 2.24) is 15.6 Å². The Balaban J connectivity index is 0.00000200. The van der Waals surface area contributed by atoms with Crippen LogP contribution in [0.5, 0.6) is 0 Å². The standard InChI is InChI=1S/C13H21N3O2S.2ClH/c1-8-10(3)19-11(16-8)4-5-15-13(17)12-9(2)18-7-6-14-12;;/h9,12,14H,4-7H2,1-3H3,(H,15,17);2*1H/t9-,12+;;/m1../s1. The molecule has 0 radical (unpaired) electrons. The number of carbonyl (C=O) groups is 1. The van der Waals surface area contributed by atoms with Crippen LogP contribution in [0, 0.1) is 13.8 Å². The van der Waals surface area contributed by atoms with Gasteiger partial charge in [-0.25, -0.2) is 4.98 Å². The number of aromatic nitrogens is 1. The average molecular weight is 356 g/mol. The molecule has 0 aromatic carbocycles. The maximum absolute atomic E-state index is 12.0. The summed E-state index contributed by atoms with van der Waals surface area (Å²) in [7, 11) is 0. The molecule has 1 aliphatic rings. The van der Waals surface area contributed by atoms with E-state index in [2.05, 4.69) is 22.5 Å². The predicted molar refractivity (Wildman–Crippen MR) is 90.0 cm³/mol. The summed E-state index contributed by atoms with van der Waals surface area (Å²) < 4.78 is 5.46. The van der Waals surface area contributed by atoms with Gasteiger partial charge in [-0.1, -0.05) is 0 Å². The first-order valence-corrected chi connectivity index (χ1v) is 7.45. The minimum Gasteiger partial charge on any atom is -0.375 e. The molecule has 1 aromatic heterocycles. The SMILES string of the molecule is Cc1nc(CCNC(=O)[C@H]2NCCO[C@@H]2C)sc1C.Cl.Cl. The van der Waals surface area contributed by atoms with Crippen molar-refractivity contribution in [3.63, 3.8) is 0 Å². The number of rotatable bonds is 4. The van der Waals surface area contributed by atoms with Crippen molar-refractivity contribution < 1.29 is 9.53 Å². The Morgan fingerprint density at radius 2 is 2.19 bits per heavy atom. The molecule has 0 spiro atoms. The van der Waals surface area contributed by atoms with Gasteiger partial charge in [0.05, 0.1) is 23.4 Å². The first kappa shape index (κ1) is 20.6. The van der Waals surface area contributed by atoms with E-state index in [9.17, 15) is 4.79 Å². The molecule has 2 N–H and O–H groups in total. The fourth-order valence-corrected chi connectivity index (χ4v) is 3.01. The second-order valence-electron chi connectivity index (χ2n) is 4.80. The van der Waals surface area contributed by atoms with Crippen molar-refractivity contribution >= 4 is 42.1 Å². The van der Waals surface area contributed by atoms with Crippen LogP contribution in [0.15, 0.2) is 0 Å². The molecule has 2 heterocycles. The highest BCUT2D eigenvalue weighted by Crippen LogP contribution is 2.16. The van der Waals surface area contributed by atoms with Crippen LogP contribution in [0.4, 0.5) is 0 Å². The molecular weight excluding hydrogens is 333 g/mol. The number of halogens is 2. The van der Waals surface area contributed by atoms with Gasteiger partial charge < -0.3 is 15.4 Å². The highest BCUT2D eigenvalue weighted by molar-refractivity contribution is 7.11. The quantitative estimate of drug-likeness (QED) is 0.861. The third kappa shape index (κ3) is 5.71. The van der Waals surface area contributed by atoms with Gasteiger partial charge in [-0.05, 0) is 20.8 Å². The number of morpholine rings is 1. The van der Waals surface area contributed by atoms with E-state index in [0.717, 1.165) is 23.7 Å². The molecule has 0 aliphatic carbocycles. The number of carbonyl (C=O) groups excluding carboxylic acids is 1. The maximum atomic E-state index is 12.0. The lowest BCUT2D eigenvalue weighted by Gasteiger charge is -2.29. The van der Waals surface area contributed by atoms with Gasteiger partial charge in [-0.3, -0.25) is 4.79 Å². The van der Waals surface area contributed by atoms with Crippen LogP contribution in [0.3, 0.4) is 0 Å². The summed E-state index contributed by atoms with van der Waals surface area (Å²) in [4.78, 5) is 17.7. The number of amides is 1. The molecule has 1 saturated heterocycles. The molecule has 1 amide bonds. The van der Waals surface area contributed by atoms with E-state index in [1.807, 2.05) is 13.8 Å². The highest BCUT2D eigenvalue weighted by Gasteiger charge is 2.27. The normalized spacial score (nSPS) is 21.1. The molecule has 2 rings (SSSR count). The lowest BCUT2D eigenvalue weighted by atomic mass is 10.1. The van der Waals surface area contributed by atoms with Gasteiger partial charge in [0.2, 0.25) is 5.91 Å². The van der Waals surface area contributed by atoms with E-state index in [-0.39, 0.29) is 42.9 Å². The van der Waals surface area contributed by atoms with Crippen LogP contribution in [0.1, 0.15) is 22.5 Å². The minimum atomic E-state index is -0.242. The van der Waals surface area contributed by atoms with Gasteiger partial charge in [0, 0.05) is 24.4 Å². The van der Waals surface area contributed by atoms with Crippen molar-refractivity contribution in [1.29, 1.82) is 0 Å². The van der Waals surface area contributed by atoms with E-state index in [4.69, 9.17) is 4.74 Å². The zero-order valence-corrected chi connectivity index (χ0v) is 14.9. The summed E-state index contributed by atoms with van der Waals surface area (Å²) in [5, 5.41) is 7.21. The molecule has 0 bridgehead atoms. The third-order valence-electron chi connectivity index (χ3n) is 3.31. The maximum Gasteiger partial charge on any atom is 0.239 e. The summed E-state index contributed by atoms with van der Waals surface area (Å²) in [5.74, 6) is 0.0113. The Hall–Kier alpha value is -0.400. The number of hydrogen-bond acceptors (Lipinski definition) is 5. The van der Waals surface area contributed by atoms with Crippen LogP contribution >= 0.6 is 36.2 Å². The Bertz CT molecular complexity index is 437. The fourth-order valence-electron chi connectivity index (χ4n) is 2.08. The molecule has 1 aliphatic heterocycles.